The Morgan fingerprint density at radius 2 is 1.92 bits per heavy atom. The molecule has 130 valence electrons. The zero-order valence-corrected chi connectivity index (χ0v) is 15.4. The van der Waals surface area contributed by atoms with Gasteiger partial charge in [-0.2, -0.15) is 5.10 Å². The Morgan fingerprint density at radius 3 is 2.42 bits per heavy atom. The molecule has 0 spiro atoms. The predicted octanol–water partition coefficient (Wildman–Crippen LogP) is 3.84. The van der Waals surface area contributed by atoms with E-state index in [4.69, 9.17) is 4.74 Å². The second-order valence-corrected chi connectivity index (χ2v) is 6.37. The molecule has 0 aliphatic rings. The molecule has 0 saturated heterocycles. The third-order valence-corrected chi connectivity index (χ3v) is 4.08. The molecule has 1 heterocycles. The molecule has 0 saturated carbocycles. The van der Waals surface area contributed by atoms with Gasteiger partial charge in [0, 0.05) is 36.0 Å². The highest BCUT2D eigenvalue weighted by molar-refractivity contribution is 6.03. The Hall–Kier alpha value is -2.30. The van der Waals surface area contributed by atoms with Crippen molar-refractivity contribution in [3.05, 3.63) is 36.2 Å². The molecule has 24 heavy (non-hydrogen) atoms. The summed E-state index contributed by atoms with van der Waals surface area (Å²) in [6.45, 7) is 10.9. The van der Waals surface area contributed by atoms with E-state index < -0.39 is 0 Å². The van der Waals surface area contributed by atoms with Crippen LogP contribution in [0.2, 0.25) is 0 Å². The van der Waals surface area contributed by atoms with Crippen LogP contribution in [0.25, 0.3) is 11.1 Å². The average Bonchev–Trinajstić information content (AvgIpc) is 3.02. The minimum Gasteiger partial charge on any atom is -0.496 e. The predicted molar refractivity (Wildman–Crippen MR) is 96.3 cm³/mol. The van der Waals surface area contributed by atoms with Crippen LogP contribution >= 0.6 is 0 Å². The van der Waals surface area contributed by atoms with Gasteiger partial charge in [-0.1, -0.05) is 12.1 Å². The summed E-state index contributed by atoms with van der Waals surface area (Å²) in [6, 6.07) is 5.90. The van der Waals surface area contributed by atoms with Gasteiger partial charge in [-0.25, -0.2) is 0 Å². The SMILES string of the molecule is CCn1cc(-c2cccc(OC)c2C(=O)N(C(C)C)C(C)C)cn1. The fourth-order valence-corrected chi connectivity index (χ4v) is 3.03. The second kappa shape index (κ2) is 7.51. The molecule has 0 unspecified atom stereocenters. The van der Waals surface area contributed by atoms with E-state index in [0.29, 0.717) is 11.3 Å². The van der Waals surface area contributed by atoms with E-state index in [1.54, 1.807) is 13.3 Å². The summed E-state index contributed by atoms with van der Waals surface area (Å²) in [5, 5.41) is 4.33. The maximum absolute atomic E-state index is 13.3. The molecule has 0 aliphatic heterocycles. The van der Waals surface area contributed by atoms with Gasteiger partial charge in [-0.3, -0.25) is 9.48 Å². The van der Waals surface area contributed by atoms with Crippen molar-refractivity contribution in [2.75, 3.05) is 7.11 Å². The summed E-state index contributed by atoms with van der Waals surface area (Å²) in [7, 11) is 1.60. The van der Waals surface area contributed by atoms with E-state index >= 15 is 0 Å². The number of nitrogens with zero attached hydrogens (tertiary/aromatic N) is 3. The van der Waals surface area contributed by atoms with Crippen molar-refractivity contribution < 1.29 is 9.53 Å². The third kappa shape index (κ3) is 3.45. The lowest BCUT2D eigenvalue weighted by molar-refractivity contribution is 0.0641. The maximum atomic E-state index is 13.3. The van der Waals surface area contributed by atoms with Crippen LogP contribution < -0.4 is 4.74 Å². The summed E-state index contributed by atoms with van der Waals surface area (Å²) < 4.78 is 7.35. The molecule has 1 aromatic heterocycles. The highest BCUT2D eigenvalue weighted by atomic mass is 16.5. The fourth-order valence-electron chi connectivity index (χ4n) is 3.03. The van der Waals surface area contributed by atoms with E-state index in [0.717, 1.165) is 17.7 Å². The number of carbonyl (C=O) groups is 1. The molecule has 2 rings (SSSR count). The number of aryl methyl sites for hydroxylation is 1. The van der Waals surface area contributed by atoms with Crippen LogP contribution in [0.15, 0.2) is 30.6 Å². The molecule has 0 aliphatic carbocycles. The van der Waals surface area contributed by atoms with Crippen LogP contribution in [-0.2, 0) is 6.54 Å². The molecular weight excluding hydrogens is 302 g/mol. The first-order chi connectivity index (χ1) is 11.4. The second-order valence-electron chi connectivity index (χ2n) is 6.37. The molecule has 0 radical (unpaired) electrons. The Balaban J connectivity index is 2.60. The lowest BCUT2D eigenvalue weighted by Crippen LogP contribution is -2.42. The number of hydrogen-bond acceptors (Lipinski definition) is 3. The molecule has 0 bridgehead atoms. The smallest absolute Gasteiger partial charge is 0.258 e. The van der Waals surface area contributed by atoms with E-state index in [2.05, 4.69) is 5.10 Å². The number of ether oxygens (including phenoxy) is 1. The Labute approximate surface area is 144 Å². The van der Waals surface area contributed by atoms with Crippen molar-refractivity contribution in [2.24, 2.45) is 0 Å². The average molecular weight is 329 g/mol. The number of aromatic nitrogens is 2. The summed E-state index contributed by atoms with van der Waals surface area (Å²) in [5.41, 5.74) is 2.37. The first-order valence-electron chi connectivity index (χ1n) is 8.43. The first kappa shape index (κ1) is 18.0. The maximum Gasteiger partial charge on any atom is 0.258 e. The minimum absolute atomic E-state index is 0.0169. The van der Waals surface area contributed by atoms with Gasteiger partial charge in [-0.05, 0) is 40.7 Å². The molecule has 1 aromatic carbocycles. The van der Waals surface area contributed by atoms with Gasteiger partial charge in [0.25, 0.3) is 5.91 Å². The summed E-state index contributed by atoms with van der Waals surface area (Å²) in [4.78, 5) is 15.2. The highest BCUT2D eigenvalue weighted by Crippen LogP contribution is 2.32. The first-order valence-corrected chi connectivity index (χ1v) is 8.43. The van der Waals surface area contributed by atoms with E-state index in [1.807, 2.05) is 68.6 Å². The zero-order valence-electron chi connectivity index (χ0n) is 15.4. The highest BCUT2D eigenvalue weighted by Gasteiger charge is 2.27. The Morgan fingerprint density at radius 1 is 1.25 bits per heavy atom. The van der Waals surface area contributed by atoms with Gasteiger partial charge < -0.3 is 9.64 Å². The van der Waals surface area contributed by atoms with Crippen LogP contribution in [0, 0.1) is 0 Å². The topological polar surface area (TPSA) is 47.4 Å². The van der Waals surface area contributed by atoms with Crippen molar-refractivity contribution in [3.63, 3.8) is 0 Å². The van der Waals surface area contributed by atoms with E-state index in [1.165, 1.54) is 0 Å². The van der Waals surface area contributed by atoms with Crippen LogP contribution in [0.5, 0.6) is 5.75 Å². The zero-order chi connectivity index (χ0) is 17.9. The van der Waals surface area contributed by atoms with Crippen molar-refractivity contribution in [2.45, 2.75) is 53.2 Å². The summed E-state index contributed by atoms with van der Waals surface area (Å²) in [6.07, 6.45) is 3.75. The quantitative estimate of drug-likeness (QED) is 0.809. The summed E-state index contributed by atoms with van der Waals surface area (Å²) >= 11 is 0. The van der Waals surface area contributed by atoms with Gasteiger partial charge in [0.15, 0.2) is 0 Å². The van der Waals surface area contributed by atoms with Crippen molar-refractivity contribution in [1.29, 1.82) is 0 Å². The van der Waals surface area contributed by atoms with Crippen LogP contribution in [0.1, 0.15) is 45.0 Å². The van der Waals surface area contributed by atoms with Gasteiger partial charge in [0.05, 0.1) is 18.9 Å². The molecule has 1 amide bonds. The van der Waals surface area contributed by atoms with Gasteiger partial charge >= 0.3 is 0 Å². The minimum atomic E-state index is -0.0169. The number of carbonyl (C=O) groups excluding carboxylic acids is 1. The normalized spacial score (nSPS) is 11.2. The van der Waals surface area contributed by atoms with Gasteiger partial charge in [0.1, 0.15) is 5.75 Å². The number of rotatable bonds is 6. The Kier molecular flexibility index (Phi) is 5.65. The number of hydrogen-bond donors (Lipinski definition) is 0. The monoisotopic (exact) mass is 329 g/mol. The lowest BCUT2D eigenvalue weighted by Gasteiger charge is -2.32. The van der Waals surface area contributed by atoms with E-state index in [9.17, 15) is 4.79 Å². The lowest BCUT2D eigenvalue weighted by atomic mass is 9.99. The summed E-state index contributed by atoms with van der Waals surface area (Å²) in [5.74, 6) is 0.574. The van der Waals surface area contributed by atoms with E-state index in [-0.39, 0.29) is 18.0 Å². The molecule has 0 N–H and O–H groups in total. The van der Waals surface area contributed by atoms with Crippen molar-refractivity contribution >= 4 is 5.91 Å². The molecule has 5 nitrogen and oxygen atoms in total. The third-order valence-electron chi connectivity index (χ3n) is 4.08. The number of amides is 1. The van der Waals surface area contributed by atoms with Crippen LogP contribution in [0.4, 0.5) is 0 Å². The number of methoxy groups -OCH3 is 1. The molecule has 0 fully saturated rings. The largest absolute Gasteiger partial charge is 0.496 e. The molecule has 2 aromatic rings. The van der Waals surface area contributed by atoms with Crippen molar-refractivity contribution in [1.82, 2.24) is 14.7 Å². The van der Waals surface area contributed by atoms with Gasteiger partial charge in [-0.15, -0.1) is 0 Å². The fraction of sp³-hybridized carbons (Fsp3) is 0.474. The van der Waals surface area contributed by atoms with Crippen molar-refractivity contribution in [3.8, 4) is 16.9 Å². The molecule has 5 heteroatoms. The molecule has 0 atom stereocenters. The van der Waals surface area contributed by atoms with Crippen LogP contribution in [0.3, 0.4) is 0 Å². The Bertz CT molecular complexity index is 696. The molecular formula is C19H27N3O2. The van der Waals surface area contributed by atoms with Gasteiger partial charge in [0.2, 0.25) is 0 Å². The number of benzene rings is 1. The van der Waals surface area contributed by atoms with Crippen LogP contribution in [-0.4, -0.2) is 39.8 Å². The standard InChI is InChI=1S/C19H27N3O2/c1-7-21-12-15(11-20-21)16-9-8-10-17(24-6)18(16)19(23)22(13(2)3)14(4)5/h8-14H,7H2,1-6H3.